The van der Waals surface area contributed by atoms with Crippen LogP contribution in [-0.4, -0.2) is 48.5 Å². The van der Waals surface area contributed by atoms with Crippen molar-refractivity contribution in [1.82, 2.24) is 0 Å². The molecule has 0 bridgehead atoms. The first-order chi connectivity index (χ1) is 11.1. The standard InChI is InChI=1S/C15H15NO6S2/c1-10-11-4-2-5-12-14(24(20,21)22)7-6-13(15(11)12)16(10)8-3-9-23(17,18)19/h2,4-7H,3,8-9H2,1H3,(H-,17,18,19,20,21,22). The Hall–Kier alpha value is -1.81. The second-order valence-corrected chi connectivity index (χ2v) is 8.56. The summed E-state index contributed by atoms with van der Waals surface area (Å²) in [6.07, 6.45) is 0.216. The molecule has 0 amide bonds. The summed E-state index contributed by atoms with van der Waals surface area (Å²) in [7, 11) is -8.63. The van der Waals surface area contributed by atoms with Crippen LogP contribution >= 0.6 is 0 Å². The third-order valence-corrected chi connectivity index (χ3v) is 5.82. The van der Waals surface area contributed by atoms with E-state index in [1.54, 1.807) is 18.2 Å². The minimum absolute atomic E-state index is 0.216. The van der Waals surface area contributed by atoms with E-state index in [4.69, 9.17) is 4.55 Å². The zero-order valence-corrected chi connectivity index (χ0v) is 14.4. The van der Waals surface area contributed by atoms with Crippen LogP contribution in [0.15, 0.2) is 35.2 Å². The molecule has 3 rings (SSSR count). The van der Waals surface area contributed by atoms with E-state index in [0.29, 0.717) is 17.3 Å². The van der Waals surface area contributed by atoms with Gasteiger partial charge >= 0.3 is 0 Å². The second-order valence-electron chi connectivity index (χ2n) is 5.64. The lowest BCUT2D eigenvalue weighted by Crippen LogP contribution is -2.15. The van der Waals surface area contributed by atoms with E-state index < -0.39 is 20.2 Å². The van der Waals surface area contributed by atoms with Gasteiger partial charge in [-0.2, -0.15) is 13.0 Å². The van der Waals surface area contributed by atoms with E-state index >= 15 is 0 Å². The van der Waals surface area contributed by atoms with Gasteiger partial charge in [-0.1, -0.05) is 12.1 Å². The van der Waals surface area contributed by atoms with E-state index in [9.17, 15) is 21.4 Å². The average molecular weight is 369 g/mol. The van der Waals surface area contributed by atoms with E-state index in [0.717, 1.165) is 17.0 Å². The number of hydrogen-bond donors (Lipinski definition) is 1. The predicted octanol–water partition coefficient (Wildman–Crippen LogP) is 1.49. The Morgan fingerprint density at radius 3 is 2.46 bits per heavy atom. The monoisotopic (exact) mass is 369 g/mol. The Bertz CT molecular complexity index is 1080. The van der Waals surface area contributed by atoms with Crippen molar-refractivity contribution < 1.29 is 30.5 Å². The van der Waals surface area contributed by atoms with Gasteiger partial charge < -0.3 is 4.55 Å². The molecule has 24 heavy (non-hydrogen) atoms. The lowest BCUT2D eigenvalue weighted by Gasteiger charge is -2.10. The van der Waals surface area contributed by atoms with Gasteiger partial charge in [-0.05, 0) is 12.1 Å². The molecule has 0 atom stereocenters. The summed E-state index contributed by atoms with van der Waals surface area (Å²) >= 11 is 0. The van der Waals surface area contributed by atoms with Gasteiger partial charge in [-0.3, -0.25) is 4.55 Å². The van der Waals surface area contributed by atoms with Crippen molar-refractivity contribution in [3.8, 4) is 0 Å². The highest BCUT2D eigenvalue weighted by Crippen LogP contribution is 2.38. The first-order valence-electron chi connectivity index (χ1n) is 7.18. The molecule has 1 heterocycles. The summed E-state index contributed by atoms with van der Waals surface area (Å²) in [5, 5.41) is 1.02. The molecule has 0 unspecified atom stereocenters. The van der Waals surface area contributed by atoms with Crippen LogP contribution in [0, 0.1) is 0 Å². The summed E-state index contributed by atoms with van der Waals surface area (Å²) < 4.78 is 66.9. The molecule has 2 aromatic rings. The van der Waals surface area contributed by atoms with Gasteiger partial charge in [0.1, 0.15) is 16.7 Å². The average Bonchev–Trinajstić information content (AvgIpc) is 2.73. The molecule has 0 spiro atoms. The van der Waals surface area contributed by atoms with E-state index in [1.807, 2.05) is 17.6 Å². The van der Waals surface area contributed by atoms with Crippen LogP contribution in [0.5, 0.6) is 0 Å². The Morgan fingerprint density at radius 2 is 1.83 bits per heavy atom. The minimum Gasteiger partial charge on any atom is -0.744 e. The fourth-order valence-corrected chi connectivity index (χ4v) is 4.29. The lowest BCUT2D eigenvalue weighted by atomic mass is 10.0. The summed E-state index contributed by atoms with van der Waals surface area (Å²) in [6.45, 7) is 2.19. The highest BCUT2D eigenvalue weighted by atomic mass is 32.2. The maximum atomic E-state index is 11.5. The molecule has 1 aliphatic rings. The van der Waals surface area contributed by atoms with Crippen molar-refractivity contribution >= 4 is 42.4 Å². The number of benzene rings is 2. The van der Waals surface area contributed by atoms with Crippen molar-refractivity contribution in [2.75, 3.05) is 12.3 Å². The van der Waals surface area contributed by atoms with E-state index in [2.05, 4.69) is 0 Å². The highest BCUT2D eigenvalue weighted by Gasteiger charge is 2.30. The summed E-state index contributed by atoms with van der Waals surface area (Å²) in [6, 6.07) is 7.92. The van der Waals surface area contributed by atoms with Gasteiger partial charge in [0.15, 0.2) is 5.71 Å². The Kier molecular flexibility index (Phi) is 3.99. The van der Waals surface area contributed by atoms with Crippen LogP contribution in [0.3, 0.4) is 0 Å². The second kappa shape index (κ2) is 5.62. The Labute approximate surface area is 139 Å². The van der Waals surface area contributed by atoms with Gasteiger partial charge in [0.05, 0.1) is 21.6 Å². The topological polar surface area (TPSA) is 115 Å². The lowest BCUT2D eigenvalue weighted by molar-refractivity contribution is -0.436. The third kappa shape index (κ3) is 2.95. The van der Waals surface area contributed by atoms with Crippen molar-refractivity contribution in [1.29, 1.82) is 0 Å². The molecule has 2 aromatic carbocycles. The van der Waals surface area contributed by atoms with Crippen LogP contribution in [0.25, 0.3) is 10.8 Å². The SMILES string of the molecule is CC1=[N+](CCCS(=O)(=O)O)c2ccc(S(=O)(=O)[O-])c3cccc1c23. The van der Waals surface area contributed by atoms with Crippen molar-refractivity contribution in [2.24, 2.45) is 0 Å². The largest absolute Gasteiger partial charge is 0.744 e. The van der Waals surface area contributed by atoms with Gasteiger partial charge in [0, 0.05) is 24.8 Å². The van der Waals surface area contributed by atoms with Crippen molar-refractivity contribution in [3.05, 3.63) is 35.9 Å². The summed E-state index contributed by atoms with van der Waals surface area (Å²) in [5.41, 5.74) is 2.37. The van der Waals surface area contributed by atoms with Gasteiger partial charge in [-0.25, -0.2) is 8.42 Å². The predicted molar refractivity (Wildman–Crippen MR) is 87.5 cm³/mol. The van der Waals surface area contributed by atoms with Gasteiger partial charge in [0.25, 0.3) is 10.1 Å². The molecular weight excluding hydrogens is 354 g/mol. The molecule has 0 radical (unpaired) electrons. The number of rotatable bonds is 5. The molecule has 0 saturated heterocycles. The maximum absolute atomic E-state index is 11.5. The van der Waals surface area contributed by atoms with Gasteiger partial charge in [0.2, 0.25) is 5.69 Å². The van der Waals surface area contributed by atoms with Crippen LogP contribution in [-0.2, 0) is 20.2 Å². The zero-order chi connectivity index (χ0) is 17.7. The molecular formula is C15H15NO6S2. The summed E-state index contributed by atoms with van der Waals surface area (Å²) in [4.78, 5) is -0.268. The van der Waals surface area contributed by atoms with Crippen LogP contribution in [0.1, 0.15) is 18.9 Å². The molecule has 9 heteroatoms. The van der Waals surface area contributed by atoms with Crippen LogP contribution < -0.4 is 0 Å². The number of hydrogen-bond acceptors (Lipinski definition) is 5. The molecule has 1 N–H and O–H groups in total. The maximum Gasteiger partial charge on any atom is 0.265 e. The van der Waals surface area contributed by atoms with Crippen molar-refractivity contribution in [3.63, 3.8) is 0 Å². The molecule has 0 aromatic heterocycles. The first-order valence-corrected chi connectivity index (χ1v) is 10.2. The first kappa shape index (κ1) is 17.0. The normalized spacial score (nSPS) is 14.6. The fourth-order valence-electron chi connectivity index (χ4n) is 3.13. The van der Waals surface area contributed by atoms with Crippen molar-refractivity contribution in [2.45, 2.75) is 18.2 Å². The number of nitrogens with zero attached hydrogens (tertiary/aromatic N) is 1. The Balaban J connectivity index is 2.11. The Morgan fingerprint density at radius 1 is 1.12 bits per heavy atom. The molecule has 7 nitrogen and oxygen atoms in total. The minimum atomic E-state index is -4.60. The molecule has 0 saturated carbocycles. The smallest absolute Gasteiger partial charge is 0.265 e. The molecule has 1 aliphatic heterocycles. The van der Waals surface area contributed by atoms with Crippen LogP contribution in [0.2, 0.25) is 0 Å². The third-order valence-electron chi connectivity index (χ3n) is 4.12. The zero-order valence-electron chi connectivity index (χ0n) is 12.8. The van der Waals surface area contributed by atoms with E-state index in [1.165, 1.54) is 6.07 Å². The summed E-state index contributed by atoms with van der Waals surface area (Å²) in [5.74, 6) is -0.358. The molecule has 128 valence electrons. The van der Waals surface area contributed by atoms with E-state index in [-0.39, 0.29) is 17.1 Å². The van der Waals surface area contributed by atoms with Gasteiger partial charge in [-0.15, -0.1) is 0 Å². The molecule has 0 fully saturated rings. The van der Waals surface area contributed by atoms with Crippen LogP contribution in [0.4, 0.5) is 5.69 Å². The highest BCUT2D eigenvalue weighted by molar-refractivity contribution is 7.86. The quantitative estimate of drug-likeness (QED) is 0.631. The fraction of sp³-hybridized carbons (Fsp3) is 0.267. The molecule has 0 aliphatic carbocycles.